The van der Waals surface area contributed by atoms with Crippen LogP contribution in [0, 0.1) is 18.8 Å². The minimum atomic E-state index is -4.44. The lowest BCUT2D eigenvalue weighted by Crippen LogP contribution is -2.36. The Labute approximate surface area is 199 Å². The van der Waals surface area contributed by atoms with Crippen LogP contribution in [0.3, 0.4) is 0 Å². The molecule has 188 valence electrons. The van der Waals surface area contributed by atoms with Crippen molar-refractivity contribution in [3.05, 3.63) is 45.9 Å². The molecule has 35 heavy (non-hydrogen) atoms. The number of H-pyrrole nitrogens is 1. The van der Waals surface area contributed by atoms with Gasteiger partial charge in [-0.25, -0.2) is 15.1 Å². The van der Waals surface area contributed by atoms with Gasteiger partial charge in [0.1, 0.15) is 11.9 Å². The fourth-order valence-electron chi connectivity index (χ4n) is 5.47. The number of likely N-dealkylation sites (tertiary alicyclic amines) is 1. The predicted molar refractivity (Wildman–Crippen MR) is 119 cm³/mol. The number of halogens is 3. The fraction of sp³-hybridized carbons (Fsp3) is 0.609. The zero-order valence-electron chi connectivity index (χ0n) is 19.4. The molecular formula is C23H27F3N6O3. The quantitative estimate of drug-likeness (QED) is 0.611. The summed E-state index contributed by atoms with van der Waals surface area (Å²) < 4.78 is 44.1. The average Bonchev–Trinajstić information content (AvgIpc) is 3.13. The second-order valence-electron chi connectivity index (χ2n) is 9.74. The number of carbonyl (C=O) groups excluding carboxylic acids is 1. The highest BCUT2D eigenvalue weighted by molar-refractivity contribution is 5.83. The normalized spacial score (nSPS) is 28.8. The Bertz CT molecular complexity index is 1140. The van der Waals surface area contributed by atoms with Gasteiger partial charge < -0.3 is 15.0 Å². The summed E-state index contributed by atoms with van der Waals surface area (Å²) in [6.07, 6.45) is 0.483. The molecule has 3 fully saturated rings. The van der Waals surface area contributed by atoms with E-state index in [1.54, 1.807) is 13.1 Å². The van der Waals surface area contributed by atoms with E-state index in [0.717, 1.165) is 25.2 Å². The fourth-order valence-corrected chi connectivity index (χ4v) is 5.47. The molecule has 2 unspecified atom stereocenters. The van der Waals surface area contributed by atoms with Crippen molar-refractivity contribution in [1.29, 1.82) is 0 Å². The maximum Gasteiger partial charge on any atom is 0.419 e. The van der Waals surface area contributed by atoms with Crippen molar-refractivity contribution < 1.29 is 22.7 Å². The lowest BCUT2D eigenvalue weighted by atomic mass is 10.0. The van der Waals surface area contributed by atoms with E-state index in [-0.39, 0.29) is 29.5 Å². The molecule has 0 spiro atoms. The van der Waals surface area contributed by atoms with Crippen molar-refractivity contribution in [2.45, 2.75) is 63.4 Å². The van der Waals surface area contributed by atoms with Crippen LogP contribution in [0.1, 0.15) is 49.1 Å². The number of anilines is 1. The Balaban J connectivity index is 1.10. The first-order chi connectivity index (χ1) is 16.6. The van der Waals surface area contributed by atoms with Gasteiger partial charge in [-0.3, -0.25) is 9.59 Å². The van der Waals surface area contributed by atoms with Crippen LogP contribution in [0.5, 0.6) is 0 Å². The molecule has 12 heteroatoms. The molecule has 2 aliphatic carbocycles. The van der Waals surface area contributed by atoms with Crippen LogP contribution in [0.4, 0.5) is 18.9 Å². The van der Waals surface area contributed by atoms with Crippen molar-refractivity contribution in [3.63, 3.8) is 0 Å². The van der Waals surface area contributed by atoms with E-state index in [1.807, 2.05) is 11.8 Å². The van der Waals surface area contributed by atoms with E-state index >= 15 is 0 Å². The Hall–Kier alpha value is -3.02. The molecule has 2 N–H and O–H groups in total. The number of alkyl halides is 3. The lowest BCUT2D eigenvalue weighted by Gasteiger charge is -2.22. The molecule has 1 saturated heterocycles. The van der Waals surface area contributed by atoms with Gasteiger partial charge >= 0.3 is 6.18 Å². The van der Waals surface area contributed by atoms with Crippen molar-refractivity contribution in [2.75, 3.05) is 18.5 Å². The van der Waals surface area contributed by atoms with Crippen LogP contribution in [0.2, 0.25) is 0 Å². The van der Waals surface area contributed by atoms with E-state index in [2.05, 4.69) is 25.5 Å². The molecule has 1 amide bonds. The van der Waals surface area contributed by atoms with Gasteiger partial charge in [0.05, 0.1) is 24.1 Å². The molecule has 9 nitrogen and oxygen atoms in total. The second kappa shape index (κ2) is 8.89. The minimum Gasteiger partial charge on any atom is -0.379 e. The Morgan fingerprint density at radius 1 is 1.20 bits per heavy atom. The van der Waals surface area contributed by atoms with Crippen molar-refractivity contribution in [1.82, 2.24) is 25.1 Å². The van der Waals surface area contributed by atoms with Gasteiger partial charge in [0.2, 0.25) is 0 Å². The second-order valence-corrected chi connectivity index (χ2v) is 9.74. The number of fused-ring (bicyclic) bond motifs is 1. The average molecular weight is 493 g/mol. The standard InChI is InChI=1S/C23H27F3N6O3/c1-11(30-17-9-29-31-21(33)12(17)2)10-35-18-3-4-32(22(18)34)19-15-5-13(6-16(15)19)20-27-7-14(8-28-20)23(24,25)26/h7-9,11,13,15-16,18-19H,3-6,10H2,1-2H3,(H2,30,31,33)/t11-,13?,15-,16+,18+,19?/m0/s1. The van der Waals surface area contributed by atoms with Gasteiger partial charge in [-0.15, -0.1) is 0 Å². The summed E-state index contributed by atoms with van der Waals surface area (Å²) in [5.74, 6) is 1.14. The van der Waals surface area contributed by atoms with Gasteiger partial charge in [0.25, 0.3) is 11.5 Å². The number of rotatable bonds is 7. The van der Waals surface area contributed by atoms with Gasteiger partial charge in [-0.05, 0) is 38.5 Å². The minimum absolute atomic E-state index is 0.00654. The van der Waals surface area contributed by atoms with E-state index in [4.69, 9.17) is 4.74 Å². The van der Waals surface area contributed by atoms with E-state index < -0.39 is 17.8 Å². The first kappa shape index (κ1) is 23.7. The summed E-state index contributed by atoms with van der Waals surface area (Å²) in [5.41, 5.74) is 0.0634. The van der Waals surface area contributed by atoms with Crippen LogP contribution in [-0.2, 0) is 15.7 Å². The van der Waals surface area contributed by atoms with Gasteiger partial charge in [0, 0.05) is 48.9 Å². The Kier molecular flexibility index (Phi) is 6.02. The van der Waals surface area contributed by atoms with E-state index in [9.17, 15) is 22.8 Å². The number of hydrogen-bond donors (Lipinski definition) is 2. The predicted octanol–water partition coefficient (Wildman–Crippen LogP) is 2.50. The summed E-state index contributed by atoms with van der Waals surface area (Å²) in [6.45, 7) is 4.56. The molecular weight excluding hydrogens is 465 g/mol. The highest BCUT2D eigenvalue weighted by atomic mass is 19.4. The number of aromatic nitrogens is 4. The largest absolute Gasteiger partial charge is 0.419 e. The highest BCUT2D eigenvalue weighted by Crippen LogP contribution is 2.60. The molecule has 3 aliphatic rings. The molecule has 2 aromatic heterocycles. The third kappa shape index (κ3) is 4.63. The molecule has 2 saturated carbocycles. The first-order valence-corrected chi connectivity index (χ1v) is 11.8. The zero-order chi connectivity index (χ0) is 24.9. The molecule has 2 aromatic rings. The Morgan fingerprint density at radius 2 is 1.89 bits per heavy atom. The van der Waals surface area contributed by atoms with Gasteiger partial charge in [0.15, 0.2) is 0 Å². The molecule has 0 radical (unpaired) electrons. The molecule has 0 bridgehead atoms. The summed E-state index contributed by atoms with van der Waals surface area (Å²) in [7, 11) is 0. The number of nitrogens with one attached hydrogen (secondary N) is 2. The molecule has 0 aromatic carbocycles. The smallest absolute Gasteiger partial charge is 0.379 e. The zero-order valence-corrected chi connectivity index (χ0v) is 19.4. The highest BCUT2D eigenvalue weighted by Gasteiger charge is 2.61. The van der Waals surface area contributed by atoms with Crippen LogP contribution in [0.15, 0.2) is 23.4 Å². The number of hydrogen-bond acceptors (Lipinski definition) is 7. The number of nitrogens with zero attached hydrogens (tertiary/aromatic N) is 4. The topological polar surface area (TPSA) is 113 Å². The lowest BCUT2D eigenvalue weighted by molar-refractivity contribution is -0.138. The van der Waals surface area contributed by atoms with Crippen LogP contribution >= 0.6 is 0 Å². The third-order valence-corrected chi connectivity index (χ3v) is 7.37. The number of carbonyl (C=O) groups is 1. The monoisotopic (exact) mass is 492 g/mol. The summed E-state index contributed by atoms with van der Waals surface area (Å²) in [5, 5.41) is 9.37. The van der Waals surface area contributed by atoms with Crippen LogP contribution in [0.25, 0.3) is 0 Å². The van der Waals surface area contributed by atoms with E-state index in [1.165, 1.54) is 0 Å². The molecule has 3 heterocycles. The Morgan fingerprint density at radius 3 is 2.54 bits per heavy atom. The number of amides is 1. The van der Waals surface area contributed by atoms with Gasteiger partial charge in [-0.1, -0.05) is 0 Å². The van der Waals surface area contributed by atoms with E-state index in [0.29, 0.717) is 48.5 Å². The first-order valence-electron chi connectivity index (χ1n) is 11.8. The maximum absolute atomic E-state index is 13.0. The number of ether oxygens (including phenoxy) is 1. The molecule has 1 aliphatic heterocycles. The van der Waals surface area contributed by atoms with Gasteiger partial charge in [-0.2, -0.15) is 18.3 Å². The summed E-state index contributed by atoms with van der Waals surface area (Å²) in [6, 6.07) is 0.0473. The number of aromatic amines is 1. The van der Waals surface area contributed by atoms with Crippen LogP contribution in [-0.4, -0.2) is 62.3 Å². The summed E-state index contributed by atoms with van der Waals surface area (Å²) >= 11 is 0. The molecule has 5 rings (SSSR count). The molecule has 6 atom stereocenters. The summed E-state index contributed by atoms with van der Waals surface area (Å²) in [4.78, 5) is 34.5. The van der Waals surface area contributed by atoms with Crippen molar-refractivity contribution >= 4 is 11.6 Å². The van der Waals surface area contributed by atoms with Crippen molar-refractivity contribution in [2.24, 2.45) is 11.8 Å². The van der Waals surface area contributed by atoms with Crippen LogP contribution < -0.4 is 10.9 Å². The third-order valence-electron chi connectivity index (χ3n) is 7.37. The maximum atomic E-state index is 13.0. The van der Waals surface area contributed by atoms with Crippen molar-refractivity contribution in [3.8, 4) is 0 Å². The SMILES string of the molecule is Cc1c(N[C@@H](C)CO[C@@H]2CCN(C3[C@H]4CC(c5ncc(C(F)(F)F)cn5)C[C@@H]34)C2=O)cn[nH]c1=O.